The highest BCUT2D eigenvalue weighted by Crippen LogP contribution is 2.13. The van der Waals surface area contributed by atoms with Crippen molar-refractivity contribution in [1.29, 1.82) is 0 Å². The van der Waals surface area contributed by atoms with Crippen LogP contribution in [-0.2, 0) is 43.0 Å². The second-order valence-electron chi connectivity index (χ2n) is 8.77. The highest BCUT2D eigenvalue weighted by atomic mass is 16.7. The number of alkyl carbamates (subject to hydrolysis) is 1. The predicted molar refractivity (Wildman–Crippen MR) is 137 cm³/mol. The van der Waals surface area contributed by atoms with E-state index >= 15 is 0 Å². The number of hydrogen-bond donors (Lipinski definition) is 2. The van der Waals surface area contributed by atoms with Gasteiger partial charge in [-0.05, 0) is 19.3 Å². The van der Waals surface area contributed by atoms with Gasteiger partial charge in [0.1, 0.15) is 0 Å². The van der Waals surface area contributed by atoms with Gasteiger partial charge in [-0.3, -0.25) is 14.4 Å². The first-order chi connectivity index (χ1) is 19.0. The highest BCUT2D eigenvalue weighted by Gasteiger charge is 2.32. The molecule has 0 spiro atoms. The van der Waals surface area contributed by atoms with Crippen molar-refractivity contribution in [2.75, 3.05) is 59.3 Å². The molecule has 218 valence electrons. The van der Waals surface area contributed by atoms with E-state index in [9.17, 15) is 24.0 Å². The Labute approximate surface area is 228 Å². The first-order valence-electron chi connectivity index (χ1n) is 13.3. The van der Waals surface area contributed by atoms with Gasteiger partial charge in [-0.25, -0.2) is 9.59 Å². The molecule has 13 heteroatoms. The van der Waals surface area contributed by atoms with Gasteiger partial charge < -0.3 is 34.4 Å². The molecule has 13 nitrogen and oxygen atoms in total. The molecule has 0 aromatic carbocycles. The zero-order valence-electron chi connectivity index (χ0n) is 22.2. The molecule has 1 unspecified atom stereocenters. The molecule has 0 aromatic rings. The van der Waals surface area contributed by atoms with Crippen molar-refractivity contribution in [2.45, 2.75) is 44.9 Å². The zero-order valence-corrected chi connectivity index (χ0v) is 22.2. The van der Waals surface area contributed by atoms with Crippen molar-refractivity contribution in [3.63, 3.8) is 0 Å². The molecule has 0 aromatic heterocycles. The van der Waals surface area contributed by atoms with E-state index in [0.29, 0.717) is 77.2 Å². The number of carbonyl (C=O) groups excluding carboxylic acids is 5. The molecule has 4 amide bonds. The van der Waals surface area contributed by atoms with E-state index in [4.69, 9.17) is 23.8 Å². The Balaban J connectivity index is 1.28. The van der Waals surface area contributed by atoms with Gasteiger partial charge in [0, 0.05) is 51.5 Å². The van der Waals surface area contributed by atoms with Crippen LogP contribution in [0.2, 0.25) is 0 Å². The van der Waals surface area contributed by atoms with E-state index in [1.807, 2.05) is 24.3 Å². The number of rotatable bonds is 20. The lowest BCUT2D eigenvalue weighted by molar-refractivity contribution is -0.197. The maximum absolute atomic E-state index is 11.8. The van der Waals surface area contributed by atoms with Gasteiger partial charge >= 0.3 is 12.1 Å². The minimum atomic E-state index is -0.808. The van der Waals surface area contributed by atoms with Crippen LogP contribution in [0.1, 0.15) is 44.9 Å². The number of amides is 4. The second-order valence-corrected chi connectivity index (χ2v) is 8.77. The lowest BCUT2D eigenvalue weighted by Crippen LogP contribution is -2.32. The first kappa shape index (κ1) is 31.9. The topological polar surface area (TPSA) is 159 Å². The van der Waals surface area contributed by atoms with Crippen LogP contribution in [0.4, 0.5) is 4.79 Å². The Morgan fingerprint density at radius 1 is 0.821 bits per heavy atom. The first-order valence-corrected chi connectivity index (χ1v) is 13.3. The average Bonchev–Trinajstić information content (AvgIpc) is 3.25. The van der Waals surface area contributed by atoms with Crippen molar-refractivity contribution in [1.82, 2.24) is 15.7 Å². The predicted octanol–water partition coefficient (Wildman–Crippen LogP) is 1.18. The summed E-state index contributed by atoms with van der Waals surface area (Å²) >= 11 is 0. The van der Waals surface area contributed by atoms with Crippen molar-refractivity contribution < 1.29 is 47.8 Å². The summed E-state index contributed by atoms with van der Waals surface area (Å²) in [6.07, 6.45) is 9.43. The van der Waals surface area contributed by atoms with Crippen molar-refractivity contribution in [2.24, 2.45) is 5.92 Å². The van der Waals surface area contributed by atoms with Crippen LogP contribution in [0.15, 0.2) is 24.3 Å². The average molecular weight is 554 g/mol. The fraction of sp³-hybridized carbons (Fsp3) is 0.654. The van der Waals surface area contributed by atoms with Crippen LogP contribution in [0.3, 0.4) is 0 Å². The van der Waals surface area contributed by atoms with Crippen LogP contribution < -0.4 is 10.6 Å². The summed E-state index contributed by atoms with van der Waals surface area (Å²) in [4.78, 5) is 62.6. The molecule has 0 radical (unpaired) electrons. The summed E-state index contributed by atoms with van der Waals surface area (Å²) in [5, 5.41) is 5.82. The van der Waals surface area contributed by atoms with Gasteiger partial charge in [0.15, 0.2) is 0 Å². The summed E-state index contributed by atoms with van der Waals surface area (Å²) in [6, 6.07) is 0. The van der Waals surface area contributed by atoms with E-state index in [1.54, 1.807) is 0 Å². The molecule has 1 fully saturated rings. The third kappa shape index (κ3) is 15.0. The molecule has 0 bridgehead atoms. The Hall–Kier alpha value is -3.29. The molecule has 1 heterocycles. The molecule has 2 rings (SSSR count). The molecular weight excluding hydrogens is 514 g/mol. The zero-order chi connectivity index (χ0) is 28.1. The van der Waals surface area contributed by atoms with Crippen molar-refractivity contribution in [3.05, 3.63) is 24.3 Å². The van der Waals surface area contributed by atoms with Crippen LogP contribution in [0, 0.1) is 5.92 Å². The monoisotopic (exact) mass is 553 g/mol. The summed E-state index contributed by atoms with van der Waals surface area (Å²) in [7, 11) is 0. The largest absolute Gasteiger partial charge is 0.449 e. The number of nitrogens with one attached hydrogen (secondary N) is 2. The standard InChI is InChI=1S/C26H39N3O10/c30-22(8-11-25(33)39-29-23(31)9-10-24(29)32)27-12-4-14-35-16-18-37-19-17-36-15-5-13-28-26(34)38-20-21-6-2-1-3-7-21/h1-3,6,21H,4-5,7-20H2,(H,27,30)(H,28,34). The fourth-order valence-electron chi connectivity index (χ4n) is 3.41. The molecule has 2 aliphatic rings. The third-order valence-corrected chi connectivity index (χ3v) is 5.52. The summed E-state index contributed by atoms with van der Waals surface area (Å²) in [6.45, 7) is 3.86. The number of imide groups is 1. The van der Waals surface area contributed by atoms with Crippen LogP contribution in [0.25, 0.3) is 0 Å². The van der Waals surface area contributed by atoms with Crippen molar-refractivity contribution in [3.8, 4) is 0 Å². The molecule has 39 heavy (non-hydrogen) atoms. The number of carbonyl (C=O) groups is 5. The molecule has 1 saturated heterocycles. The molecule has 1 aliphatic heterocycles. The SMILES string of the molecule is O=C(CCC(=O)ON1C(=O)CCC1=O)NCCCOCCOCCOCCCNC(=O)OCC1C=CC=CC1. The van der Waals surface area contributed by atoms with E-state index < -0.39 is 23.9 Å². The van der Waals surface area contributed by atoms with Gasteiger partial charge in [0.2, 0.25) is 5.91 Å². The van der Waals surface area contributed by atoms with Crippen molar-refractivity contribution >= 4 is 29.8 Å². The van der Waals surface area contributed by atoms with Gasteiger partial charge in [0.05, 0.1) is 39.5 Å². The lowest BCUT2D eigenvalue weighted by atomic mass is 10.0. The molecule has 1 atom stereocenters. The van der Waals surface area contributed by atoms with E-state index in [1.165, 1.54) is 0 Å². The minimum absolute atomic E-state index is 0.0206. The summed E-state index contributed by atoms with van der Waals surface area (Å²) in [5.74, 6) is -2.02. The number of hydroxylamine groups is 2. The third-order valence-electron chi connectivity index (χ3n) is 5.52. The van der Waals surface area contributed by atoms with Crippen LogP contribution >= 0.6 is 0 Å². The smallest absolute Gasteiger partial charge is 0.407 e. The Morgan fingerprint density at radius 2 is 1.44 bits per heavy atom. The fourth-order valence-corrected chi connectivity index (χ4v) is 3.41. The van der Waals surface area contributed by atoms with E-state index in [2.05, 4.69) is 10.6 Å². The normalized spacial score (nSPS) is 16.4. The molecule has 2 N–H and O–H groups in total. The quantitative estimate of drug-likeness (QED) is 0.166. The van der Waals surface area contributed by atoms with Crippen LogP contribution in [0.5, 0.6) is 0 Å². The van der Waals surface area contributed by atoms with Gasteiger partial charge in [-0.2, -0.15) is 0 Å². The molecule has 0 saturated carbocycles. The highest BCUT2D eigenvalue weighted by molar-refractivity contribution is 6.01. The van der Waals surface area contributed by atoms with Gasteiger partial charge in [-0.15, -0.1) is 5.06 Å². The number of nitrogens with zero attached hydrogens (tertiary/aromatic N) is 1. The van der Waals surface area contributed by atoms with Gasteiger partial charge in [-0.1, -0.05) is 24.3 Å². The summed E-state index contributed by atoms with van der Waals surface area (Å²) < 4.78 is 21.5. The number of allylic oxidation sites excluding steroid dienone is 3. The van der Waals surface area contributed by atoms with Gasteiger partial charge in [0.25, 0.3) is 11.8 Å². The lowest BCUT2D eigenvalue weighted by Gasteiger charge is -2.13. The van der Waals surface area contributed by atoms with E-state index in [0.717, 1.165) is 6.42 Å². The number of ether oxygens (including phenoxy) is 4. The van der Waals surface area contributed by atoms with Crippen LogP contribution in [-0.4, -0.2) is 94.2 Å². The Morgan fingerprint density at radius 3 is 2.05 bits per heavy atom. The molecular formula is C26H39N3O10. The second kappa shape index (κ2) is 19.7. The summed E-state index contributed by atoms with van der Waals surface area (Å²) in [5.41, 5.74) is 0. The Kier molecular flexibility index (Phi) is 16.2. The maximum atomic E-state index is 11.8. The minimum Gasteiger partial charge on any atom is -0.449 e. The Bertz CT molecular complexity index is 845. The molecule has 1 aliphatic carbocycles. The van der Waals surface area contributed by atoms with E-state index in [-0.39, 0.29) is 37.5 Å². The number of hydrogen-bond acceptors (Lipinski definition) is 10. The maximum Gasteiger partial charge on any atom is 0.407 e.